The Kier molecular flexibility index (Phi) is 5.30. The number of benzene rings is 2. The van der Waals surface area contributed by atoms with E-state index in [0.29, 0.717) is 22.5 Å². The van der Waals surface area contributed by atoms with Crippen LogP contribution in [0.2, 0.25) is 5.02 Å². The molecular weight excluding hydrogens is 338 g/mol. The number of rotatable bonds is 6. The smallest absolute Gasteiger partial charge is 0.249 e. The van der Waals surface area contributed by atoms with Gasteiger partial charge in [0.2, 0.25) is 5.95 Å². The third-order valence-corrected chi connectivity index (χ3v) is 3.92. The second-order valence-corrected chi connectivity index (χ2v) is 5.68. The molecule has 0 fully saturated rings. The maximum atomic E-state index is 6.13. The predicted octanol–water partition coefficient (Wildman–Crippen LogP) is 4.58. The molecule has 1 aromatic heterocycles. The van der Waals surface area contributed by atoms with Crippen molar-refractivity contribution in [1.82, 2.24) is 15.2 Å². The van der Waals surface area contributed by atoms with Crippen molar-refractivity contribution in [2.45, 2.75) is 13.3 Å². The number of hydrogen-bond acceptors (Lipinski definition) is 6. The molecule has 0 atom stereocenters. The number of para-hydroxylation sites is 1. The SMILES string of the molecule is CCc1ccccc1Nc1cnnc(Nc2ccc(OC)c(Cl)c2)n1. The zero-order chi connectivity index (χ0) is 17.6. The van der Waals surface area contributed by atoms with E-state index >= 15 is 0 Å². The number of anilines is 4. The Morgan fingerprint density at radius 2 is 1.96 bits per heavy atom. The molecule has 0 amide bonds. The van der Waals surface area contributed by atoms with E-state index in [4.69, 9.17) is 16.3 Å². The van der Waals surface area contributed by atoms with Crippen molar-refractivity contribution < 1.29 is 4.74 Å². The lowest BCUT2D eigenvalue weighted by atomic mass is 10.1. The number of methoxy groups -OCH3 is 1. The zero-order valence-electron chi connectivity index (χ0n) is 14.0. The van der Waals surface area contributed by atoms with Crippen LogP contribution in [0.25, 0.3) is 0 Å². The Bertz CT molecular complexity index is 872. The van der Waals surface area contributed by atoms with Gasteiger partial charge in [-0.15, -0.1) is 5.10 Å². The first-order valence-corrected chi connectivity index (χ1v) is 8.22. The summed E-state index contributed by atoms with van der Waals surface area (Å²) in [5.41, 5.74) is 2.96. The van der Waals surface area contributed by atoms with E-state index in [2.05, 4.69) is 38.8 Å². The van der Waals surface area contributed by atoms with Gasteiger partial charge in [-0.25, -0.2) is 0 Å². The molecule has 2 aromatic carbocycles. The number of halogens is 1. The summed E-state index contributed by atoms with van der Waals surface area (Å²) in [6, 6.07) is 13.4. The highest BCUT2D eigenvalue weighted by Gasteiger charge is 2.06. The summed E-state index contributed by atoms with van der Waals surface area (Å²) in [5, 5.41) is 14.9. The number of nitrogens with one attached hydrogen (secondary N) is 2. The highest BCUT2D eigenvalue weighted by molar-refractivity contribution is 6.32. The molecule has 3 rings (SSSR count). The molecule has 0 spiro atoms. The molecule has 0 radical (unpaired) electrons. The summed E-state index contributed by atoms with van der Waals surface area (Å²) in [6.07, 6.45) is 2.51. The van der Waals surface area contributed by atoms with E-state index in [1.807, 2.05) is 24.3 Å². The van der Waals surface area contributed by atoms with Crippen molar-refractivity contribution in [3.63, 3.8) is 0 Å². The van der Waals surface area contributed by atoms with Crippen molar-refractivity contribution in [2.75, 3.05) is 17.7 Å². The van der Waals surface area contributed by atoms with E-state index in [0.717, 1.165) is 17.8 Å². The van der Waals surface area contributed by atoms with E-state index in [1.165, 1.54) is 5.56 Å². The maximum absolute atomic E-state index is 6.13. The van der Waals surface area contributed by atoms with Crippen molar-refractivity contribution in [3.05, 3.63) is 59.2 Å². The molecule has 0 bridgehead atoms. The maximum Gasteiger partial charge on any atom is 0.249 e. The molecule has 0 aliphatic rings. The highest BCUT2D eigenvalue weighted by atomic mass is 35.5. The summed E-state index contributed by atoms with van der Waals surface area (Å²) in [6.45, 7) is 2.11. The lowest BCUT2D eigenvalue weighted by Crippen LogP contribution is -2.03. The number of hydrogen-bond donors (Lipinski definition) is 2. The summed E-state index contributed by atoms with van der Waals surface area (Å²) in [7, 11) is 1.57. The monoisotopic (exact) mass is 355 g/mol. The molecule has 0 aliphatic heterocycles. The van der Waals surface area contributed by atoms with Gasteiger partial charge in [0.25, 0.3) is 0 Å². The van der Waals surface area contributed by atoms with Crippen LogP contribution in [0.15, 0.2) is 48.7 Å². The highest BCUT2D eigenvalue weighted by Crippen LogP contribution is 2.28. The normalized spacial score (nSPS) is 10.4. The number of nitrogens with zero attached hydrogens (tertiary/aromatic N) is 3. The Morgan fingerprint density at radius 3 is 2.72 bits per heavy atom. The van der Waals surface area contributed by atoms with Crippen molar-refractivity contribution in [2.24, 2.45) is 0 Å². The van der Waals surface area contributed by atoms with Gasteiger partial charge < -0.3 is 15.4 Å². The molecule has 0 saturated heterocycles. The summed E-state index contributed by atoms with van der Waals surface area (Å²) >= 11 is 6.13. The van der Waals surface area contributed by atoms with Gasteiger partial charge in [-0.1, -0.05) is 36.7 Å². The Labute approximate surface area is 151 Å². The van der Waals surface area contributed by atoms with Crippen LogP contribution in [0, 0.1) is 0 Å². The molecule has 0 unspecified atom stereocenters. The number of aromatic nitrogens is 3. The average Bonchev–Trinajstić information content (AvgIpc) is 2.63. The van der Waals surface area contributed by atoms with Crippen molar-refractivity contribution in [1.29, 1.82) is 0 Å². The second kappa shape index (κ2) is 7.81. The molecule has 0 saturated carbocycles. The van der Waals surface area contributed by atoms with Gasteiger partial charge in [-0.05, 0) is 36.2 Å². The van der Waals surface area contributed by atoms with Gasteiger partial charge in [0.15, 0.2) is 5.82 Å². The molecule has 2 N–H and O–H groups in total. The summed E-state index contributed by atoms with van der Waals surface area (Å²) in [5.74, 6) is 1.59. The Balaban J connectivity index is 1.78. The Morgan fingerprint density at radius 1 is 1.12 bits per heavy atom. The quantitative estimate of drug-likeness (QED) is 0.674. The topological polar surface area (TPSA) is 72.0 Å². The third kappa shape index (κ3) is 4.16. The van der Waals surface area contributed by atoms with Crippen LogP contribution >= 0.6 is 11.6 Å². The van der Waals surface area contributed by atoms with Crippen LogP contribution in [-0.4, -0.2) is 22.3 Å². The van der Waals surface area contributed by atoms with E-state index in [-0.39, 0.29) is 0 Å². The summed E-state index contributed by atoms with van der Waals surface area (Å²) < 4.78 is 5.14. The van der Waals surface area contributed by atoms with Gasteiger partial charge in [-0.3, -0.25) is 0 Å². The molecule has 0 aliphatic carbocycles. The third-order valence-electron chi connectivity index (χ3n) is 3.63. The first kappa shape index (κ1) is 17.0. The summed E-state index contributed by atoms with van der Waals surface area (Å²) in [4.78, 5) is 4.44. The number of ether oxygens (including phenoxy) is 1. The lowest BCUT2D eigenvalue weighted by Gasteiger charge is -2.11. The first-order valence-electron chi connectivity index (χ1n) is 7.85. The van der Waals surface area contributed by atoms with Crippen molar-refractivity contribution in [3.8, 4) is 5.75 Å². The van der Waals surface area contributed by atoms with Crippen LogP contribution < -0.4 is 15.4 Å². The van der Waals surface area contributed by atoms with Gasteiger partial charge >= 0.3 is 0 Å². The predicted molar refractivity (Wildman–Crippen MR) is 100 cm³/mol. The largest absolute Gasteiger partial charge is 0.495 e. The van der Waals surface area contributed by atoms with Crippen LogP contribution in [0.3, 0.4) is 0 Å². The minimum Gasteiger partial charge on any atom is -0.495 e. The van der Waals surface area contributed by atoms with Crippen LogP contribution in [-0.2, 0) is 6.42 Å². The second-order valence-electron chi connectivity index (χ2n) is 5.28. The van der Waals surface area contributed by atoms with E-state index in [9.17, 15) is 0 Å². The molecular formula is C18H18ClN5O. The van der Waals surface area contributed by atoms with Gasteiger partial charge in [0, 0.05) is 11.4 Å². The van der Waals surface area contributed by atoms with Crippen LogP contribution in [0.5, 0.6) is 5.75 Å². The zero-order valence-corrected chi connectivity index (χ0v) is 14.7. The molecule has 25 heavy (non-hydrogen) atoms. The van der Waals surface area contributed by atoms with E-state index in [1.54, 1.807) is 25.4 Å². The van der Waals surface area contributed by atoms with Crippen LogP contribution in [0.4, 0.5) is 23.1 Å². The van der Waals surface area contributed by atoms with Gasteiger partial charge in [0.1, 0.15) is 5.75 Å². The lowest BCUT2D eigenvalue weighted by molar-refractivity contribution is 0.415. The first-order chi connectivity index (χ1) is 12.2. The minimum atomic E-state index is 0.375. The molecule has 6 nitrogen and oxygen atoms in total. The van der Waals surface area contributed by atoms with Gasteiger partial charge in [-0.2, -0.15) is 10.1 Å². The fourth-order valence-electron chi connectivity index (χ4n) is 2.38. The van der Waals surface area contributed by atoms with Crippen molar-refractivity contribution >= 4 is 34.7 Å². The standard InChI is InChI=1S/C18H18ClN5O/c1-3-12-6-4-5-7-15(12)22-17-11-20-24-18(23-17)21-13-8-9-16(25-2)14(19)10-13/h4-11H,3H2,1-2H3,(H2,21,22,23,24). The number of aryl methyl sites for hydroxylation is 1. The minimum absolute atomic E-state index is 0.375. The molecule has 1 heterocycles. The van der Waals surface area contributed by atoms with Crippen LogP contribution in [0.1, 0.15) is 12.5 Å². The molecule has 128 valence electrons. The van der Waals surface area contributed by atoms with Gasteiger partial charge in [0.05, 0.1) is 18.3 Å². The Hall–Kier alpha value is -2.86. The fourth-order valence-corrected chi connectivity index (χ4v) is 2.64. The van der Waals surface area contributed by atoms with E-state index < -0.39 is 0 Å². The molecule has 3 aromatic rings. The fraction of sp³-hybridized carbons (Fsp3) is 0.167. The molecule has 7 heteroatoms. The average molecular weight is 356 g/mol.